The monoisotopic (exact) mass is 631 g/mol. The van der Waals surface area contributed by atoms with Crippen LogP contribution in [-0.4, -0.2) is 0 Å². The second kappa shape index (κ2) is 10.1. The van der Waals surface area contributed by atoms with Crippen molar-refractivity contribution in [3.05, 3.63) is 90.5 Å². The predicted molar refractivity (Wildman–Crippen MR) is 113 cm³/mol. The molecule has 0 heterocycles. The summed E-state index contributed by atoms with van der Waals surface area (Å²) < 4.78 is 195. The Morgan fingerprint density at radius 3 is 1.56 bits per heavy atom. The van der Waals surface area contributed by atoms with Gasteiger partial charge in [-0.15, -0.1) is 4.91 Å². The van der Waals surface area contributed by atoms with Crippen LogP contribution in [0.5, 0.6) is 0 Å². The average molecular weight is 631 g/mol. The molecule has 1 saturated carbocycles. The van der Waals surface area contributed by atoms with Crippen LogP contribution in [0.25, 0.3) is 5.57 Å². The number of hydrogen-bond acceptors (Lipinski definition) is 4. The largest absolute Gasteiger partial charge is 0.422 e. The van der Waals surface area contributed by atoms with Crippen LogP contribution in [0.1, 0.15) is 47.4 Å². The van der Waals surface area contributed by atoms with Crippen LogP contribution in [0.4, 0.5) is 61.5 Å². The van der Waals surface area contributed by atoms with Gasteiger partial charge in [-0.25, -0.2) is 35.1 Å². The Labute approximate surface area is 229 Å². The van der Waals surface area contributed by atoms with Crippen molar-refractivity contribution < 1.29 is 61.5 Å². The van der Waals surface area contributed by atoms with Gasteiger partial charge in [-0.05, 0) is 18.0 Å². The van der Waals surface area contributed by atoms with Gasteiger partial charge in [-0.2, -0.15) is 36.9 Å². The Morgan fingerprint density at radius 2 is 1.19 bits per heavy atom. The van der Waals surface area contributed by atoms with Gasteiger partial charge in [-0.1, -0.05) is 6.42 Å². The number of alkyl halides is 6. The van der Waals surface area contributed by atoms with Gasteiger partial charge in [0.2, 0.25) is 0 Å². The highest BCUT2D eigenvalue weighted by molar-refractivity contribution is 5.94. The van der Waals surface area contributed by atoms with Crippen LogP contribution < -0.4 is 0 Å². The van der Waals surface area contributed by atoms with Gasteiger partial charge >= 0.3 is 12.4 Å². The summed E-state index contributed by atoms with van der Waals surface area (Å²) in [5.41, 5.74) is -17.1. The normalized spacial score (nSPS) is 21.5. The smallest absolute Gasteiger partial charge is 0.203 e. The molecule has 0 saturated heterocycles. The third-order valence-corrected chi connectivity index (χ3v) is 7.14. The Kier molecular flexibility index (Phi) is 7.36. The number of nitriles is 2. The summed E-state index contributed by atoms with van der Waals surface area (Å²) in [7, 11) is 0. The molecule has 226 valence electrons. The summed E-state index contributed by atoms with van der Waals surface area (Å²) in [4.78, 5) is 11.5. The highest BCUT2D eigenvalue weighted by Crippen LogP contribution is 2.65. The first-order valence-corrected chi connectivity index (χ1v) is 11.3. The number of allylic oxidation sites excluding steroid dienone is 3. The standard InChI is InChI=1S/C25H7F14N3O/c26-14-9(15(27)19(31)12(18(14)30)24(34,35)36)6(4-40)8-11(22(8)42-43)23(5-41)3-1-2-7(23)10-16(28)20(32)13(25(37,38)39)21(33)17(10)29/h7H,1-3H2/b8-6+. The summed E-state index contributed by atoms with van der Waals surface area (Å²) >= 11 is 0. The van der Waals surface area contributed by atoms with Crippen molar-refractivity contribution in [1.29, 1.82) is 10.5 Å². The van der Waals surface area contributed by atoms with Crippen LogP contribution in [0.2, 0.25) is 0 Å². The van der Waals surface area contributed by atoms with E-state index in [9.17, 15) is 76.9 Å². The molecule has 0 aromatic heterocycles. The van der Waals surface area contributed by atoms with Crippen molar-refractivity contribution in [1.82, 2.24) is 0 Å². The van der Waals surface area contributed by atoms with E-state index < -0.39 is 128 Å². The molecule has 2 unspecified atom stereocenters. The van der Waals surface area contributed by atoms with E-state index in [1.54, 1.807) is 0 Å². The average Bonchev–Trinajstić information content (AvgIpc) is 3.48. The van der Waals surface area contributed by atoms with Crippen LogP contribution in [0.15, 0.2) is 22.0 Å². The number of nitrogens with zero attached hydrogens (tertiary/aromatic N) is 3. The van der Waals surface area contributed by atoms with Crippen molar-refractivity contribution >= 4 is 5.57 Å². The lowest BCUT2D eigenvalue weighted by molar-refractivity contribution is -0.144. The number of nitroso groups, excluding NO2 is 1. The first kappa shape index (κ1) is 31.5. The third kappa shape index (κ3) is 4.42. The molecule has 2 aliphatic rings. The van der Waals surface area contributed by atoms with Gasteiger partial charge in [0, 0.05) is 22.6 Å². The van der Waals surface area contributed by atoms with E-state index in [1.165, 1.54) is 6.07 Å². The number of halogens is 14. The molecule has 4 nitrogen and oxygen atoms in total. The van der Waals surface area contributed by atoms with Crippen LogP contribution in [-0.2, 0) is 12.4 Å². The molecule has 2 aromatic rings. The van der Waals surface area contributed by atoms with Crippen molar-refractivity contribution in [3.8, 4) is 12.1 Å². The van der Waals surface area contributed by atoms with Gasteiger partial charge in [-0.3, -0.25) is 0 Å². The summed E-state index contributed by atoms with van der Waals surface area (Å²) in [5, 5.41) is 21.9. The Morgan fingerprint density at radius 1 is 0.744 bits per heavy atom. The molecule has 2 atom stereocenters. The number of rotatable bonds is 4. The fraction of sp³-hybridized carbons (Fsp3) is 0.280. The molecular weight excluding hydrogens is 624 g/mol. The van der Waals surface area contributed by atoms with Crippen molar-refractivity contribution in [2.75, 3.05) is 0 Å². The van der Waals surface area contributed by atoms with Gasteiger partial charge in [0.1, 0.15) is 22.9 Å². The first-order chi connectivity index (χ1) is 19.8. The number of hydrogen-bond donors (Lipinski definition) is 0. The van der Waals surface area contributed by atoms with E-state index in [4.69, 9.17) is 0 Å². The highest BCUT2D eigenvalue weighted by Gasteiger charge is 2.59. The third-order valence-electron chi connectivity index (χ3n) is 7.14. The summed E-state index contributed by atoms with van der Waals surface area (Å²) in [6.07, 6.45) is -13.5. The molecular formula is C25H7F14N3O. The predicted octanol–water partition coefficient (Wildman–Crippen LogP) is 8.63. The molecule has 0 N–H and O–H groups in total. The first-order valence-electron chi connectivity index (χ1n) is 11.3. The Balaban J connectivity index is 1.99. The maximum absolute atomic E-state index is 14.9. The van der Waals surface area contributed by atoms with E-state index in [1.807, 2.05) is 0 Å². The molecule has 0 aliphatic heterocycles. The SMILES string of the molecule is N#C/C(=C1C(N=O)=C\1C1(C#N)CCCC1c1c(F)c(F)c(C(F)(F)F)c(F)c1F)c1c(F)c(F)c(C(F)(F)F)c(F)c1F. The summed E-state index contributed by atoms with van der Waals surface area (Å²) in [5.74, 6) is -24.7. The number of benzene rings is 2. The zero-order valence-electron chi connectivity index (χ0n) is 20.2. The zero-order valence-corrected chi connectivity index (χ0v) is 20.2. The minimum atomic E-state index is -5.98. The molecule has 0 radical (unpaired) electrons. The second-order valence-electron chi connectivity index (χ2n) is 9.25. The fourth-order valence-electron chi connectivity index (χ4n) is 5.37. The minimum Gasteiger partial charge on any atom is -0.203 e. The van der Waals surface area contributed by atoms with Crippen LogP contribution >= 0.6 is 0 Å². The van der Waals surface area contributed by atoms with E-state index in [0.717, 1.165) is 6.07 Å². The van der Waals surface area contributed by atoms with Crippen LogP contribution in [0.3, 0.4) is 0 Å². The van der Waals surface area contributed by atoms with Crippen LogP contribution in [0, 0.1) is 79.5 Å². The molecule has 0 amide bonds. The van der Waals surface area contributed by atoms with E-state index in [2.05, 4.69) is 5.18 Å². The maximum Gasteiger partial charge on any atom is 0.422 e. The quantitative estimate of drug-likeness (QED) is 0.147. The molecule has 2 aromatic carbocycles. The Hall–Kier alpha value is -4.48. The molecule has 0 bridgehead atoms. The fourth-order valence-corrected chi connectivity index (χ4v) is 5.37. The second-order valence-corrected chi connectivity index (χ2v) is 9.25. The molecule has 43 heavy (non-hydrogen) atoms. The molecule has 4 rings (SSSR count). The lowest BCUT2D eigenvalue weighted by atomic mass is 9.72. The maximum atomic E-state index is 14.9. The van der Waals surface area contributed by atoms with Gasteiger partial charge in [0.05, 0.1) is 22.6 Å². The Bertz CT molecular complexity index is 1700. The summed E-state index contributed by atoms with van der Waals surface area (Å²) in [6.45, 7) is 0. The lowest BCUT2D eigenvalue weighted by Crippen LogP contribution is -2.26. The topological polar surface area (TPSA) is 77.0 Å². The molecule has 18 heteroatoms. The minimum absolute atomic E-state index is 0.307. The van der Waals surface area contributed by atoms with Gasteiger partial charge in [0.15, 0.2) is 46.5 Å². The van der Waals surface area contributed by atoms with Crippen molar-refractivity contribution in [2.45, 2.75) is 37.5 Å². The lowest BCUT2D eigenvalue weighted by Gasteiger charge is -2.28. The van der Waals surface area contributed by atoms with E-state index >= 15 is 0 Å². The molecule has 2 aliphatic carbocycles. The van der Waals surface area contributed by atoms with Gasteiger partial charge in [0.25, 0.3) is 0 Å². The van der Waals surface area contributed by atoms with Crippen molar-refractivity contribution in [2.24, 2.45) is 10.6 Å². The zero-order chi connectivity index (χ0) is 32.6. The van der Waals surface area contributed by atoms with Gasteiger partial charge < -0.3 is 0 Å². The van der Waals surface area contributed by atoms with E-state index in [0.29, 0.717) is 0 Å². The summed E-state index contributed by atoms with van der Waals surface area (Å²) in [6, 6.07) is 2.44. The van der Waals surface area contributed by atoms with Crippen molar-refractivity contribution in [3.63, 3.8) is 0 Å². The molecule has 1 fully saturated rings. The molecule has 0 spiro atoms. The highest BCUT2D eigenvalue weighted by atomic mass is 19.4. The van der Waals surface area contributed by atoms with E-state index in [-0.39, 0.29) is 6.42 Å².